The molecule has 1 aliphatic heterocycles. The number of hydrogen-bond acceptors (Lipinski definition) is 3. The Morgan fingerprint density at radius 3 is 2.79 bits per heavy atom. The van der Waals surface area contributed by atoms with E-state index in [1.54, 1.807) is 0 Å². The molecule has 1 saturated heterocycles. The predicted octanol–water partition coefficient (Wildman–Crippen LogP) is 2.09. The van der Waals surface area contributed by atoms with E-state index < -0.39 is 11.5 Å². The third-order valence-electron chi connectivity index (χ3n) is 5.05. The summed E-state index contributed by atoms with van der Waals surface area (Å²) in [6.07, 6.45) is 7.41. The predicted molar refractivity (Wildman–Crippen MR) is 76.3 cm³/mol. The number of likely N-dealkylation sites (tertiary alicyclic amines) is 1. The number of hydrogen-bond donors (Lipinski definition) is 2. The van der Waals surface area contributed by atoms with Crippen molar-refractivity contribution in [3.05, 3.63) is 0 Å². The SMILES string of the molecule is CCNC(C)(CCN1CCCC2CCCC21)C(=O)O. The lowest BCUT2D eigenvalue weighted by atomic mass is 9.90. The highest BCUT2D eigenvalue weighted by atomic mass is 16.4. The van der Waals surface area contributed by atoms with Crippen LogP contribution in [0.15, 0.2) is 0 Å². The van der Waals surface area contributed by atoms with E-state index in [2.05, 4.69) is 10.2 Å². The quantitative estimate of drug-likeness (QED) is 0.774. The molecule has 0 aromatic heterocycles. The van der Waals surface area contributed by atoms with Gasteiger partial charge in [-0.3, -0.25) is 4.79 Å². The third-order valence-corrected chi connectivity index (χ3v) is 5.05. The number of rotatable bonds is 6. The van der Waals surface area contributed by atoms with Crippen LogP contribution in [-0.2, 0) is 4.79 Å². The molecule has 4 nitrogen and oxygen atoms in total. The van der Waals surface area contributed by atoms with Crippen LogP contribution in [0.3, 0.4) is 0 Å². The summed E-state index contributed by atoms with van der Waals surface area (Å²) in [5.74, 6) is 0.151. The normalized spacial score (nSPS) is 30.8. The molecule has 1 heterocycles. The Bertz CT molecular complexity index is 321. The fraction of sp³-hybridized carbons (Fsp3) is 0.933. The molecular formula is C15H28N2O2. The Kier molecular flexibility index (Phi) is 4.85. The lowest BCUT2D eigenvalue weighted by Gasteiger charge is -2.39. The zero-order chi connectivity index (χ0) is 13.9. The van der Waals surface area contributed by atoms with Crippen molar-refractivity contribution < 1.29 is 9.90 Å². The summed E-state index contributed by atoms with van der Waals surface area (Å²) < 4.78 is 0. The smallest absolute Gasteiger partial charge is 0.323 e. The number of likely N-dealkylation sites (N-methyl/N-ethyl adjacent to an activating group) is 1. The highest BCUT2D eigenvalue weighted by Crippen LogP contribution is 2.36. The maximum absolute atomic E-state index is 11.4. The number of fused-ring (bicyclic) bond motifs is 1. The molecule has 2 rings (SSSR count). The molecular weight excluding hydrogens is 240 g/mol. The number of piperidine rings is 1. The maximum atomic E-state index is 11.4. The van der Waals surface area contributed by atoms with Gasteiger partial charge in [0.05, 0.1) is 0 Å². The van der Waals surface area contributed by atoms with Crippen LogP contribution >= 0.6 is 0 Å². The Morgan fingerprint density at radius 1 is 1.37 bits per heavy atom. The number of nitrogens with one attached hydrogen (secondary N) is 1. The first-order valence-corrected chi connectivity index (χ1v) is 7.79. The molecule has 1 aliphatic carbocycles. The van der Waals surface area contributed by atoms with Gasteiger partial charge in [-0.1, -0.05) is 13.3 Å². The first kappa shape index (κ1) is 14.8. The van der Waals surface area contributed by atoms with E-state index in [-0.39, 0.29) is 0 Å². The minimum absolute atomic E-state index is 0.694. The molecule has 2 aliphatic rings. The van der Waals surface area contributed by atoms with Crippen LogP contribution in [0.4, 0.5) is 0 Å². The molecule has 110 valence electrons. The second-order valence-electron chi connectivity index (χ2n) is 6.35. The van der Waals surface area contributed by atoms with E-state index in [1.165, 1.54) is 32.1 Å². The van der Waals surface area contributed by atoms with Gasteiger partial charge in [0.1, 0.15) is 5.54 Å². The largest absolute Gasteiger partial charge is 0.480 e. The molecule has 2 N–H and O–H groups in total. The van der Waals surface area contributed by atoms with Crippen molar-refractivity contribution in [2.24, 2.45) is 5.92 Å². The summed E-state index contributed by atoms with van der Waals surface area (Å²) in [6, 6.07) is 0.730. The van der Waals surface area contributed by atoms with Crippen LogP contribution in [0.25, 0.3) is 0 Å². The first-order chi connectivity index (χ1) is 9.07. The van der Waals surface area contributed by atoms with Gasteiger partial charge in [0.2, 0.25) is 0 Å². The van der Waals surface area contributed by atoms with Crippen LogP contribution in [0.5, 0.6) is 0 Å². The molecule has 0 bridgehead atoms. The molecule has 3 atom stereocenters. The zero-order valence-corrected chi connectivity index (χ0v) is 12.3. The molecule has 0 radical (unpaired) electrons. The number of carbonyl (C=O) groups is 1. The molecule has 0 spiro atoms. The van der Waals surface area contributed by atoms with Crippen LogP contribution in [0.2, 0.25) is 0 Å². The Hall–Kier alpha value is -0.610. The molecule has 4 heteroatoms. The van der Waals surface area contributed by atoms with Crippen LogP contribution in [-0.4, -0.2) is 47.2 Å². The molecule has 1 saturated carbocycles. The first-order valence-electron chi connectivity index (χ1n) is 7.79. The van der Waals surface area contributed by atoms with Crippen molar-refractivity contribution in [2.45, 2.75) is 64.0 Å². The highest BCUT2D eigenvalue weighted by Gasteiger charge is 2.37. The summed E-state index contributed by atoms with van der Waals surface area (Å²) in [6.45, 7) is 6.55. The average Bonchev–Trinajstić information content (AvgIpc) is 2.85. The fourth-order valence-electron chi connectivity index (χ4n) is 3.86. The van der Waals surface area contributed by atoms with Crippen molar-refractivity contribution in [1.82, 2.24) is 10.2 Å². The lowest BCUT2D eigenvalue weighted by Crippen LogP contribution is -2.53. The van der Waals surface area contributed by atoms with Gasteiger partial charge in [-0.25, -0.2) is 0 Å². The summed E-state index contributed by atoms with van der Waals surface area (Å²) in [7, 11) is 0. The van der Waals surface area contributed by atoms with Crippen molar-refractivity contribution >= 4 is 5.97 Å². The van der Waals surface area contributed by atoms with E-state index in [9.17, 15) is 9.90 Å². The minimum Gasteiger partial charge on any atom is -0.480 e. The van der Waals surface area contributed by atoms with E-state index in [1.807, 2.05) is 13.8 Å². The Labute approximate surface area is 116 Å². The van der Waals surface area contributed by atoms with E-state index in [0.29, 0.717) is 13.0 Å². The van der Waals surface area contributed by atoms with E-state index >= 15 is 0 Å². The van der Waals surface area contributed by atoms with Crippen molar-refractivity contribution in [2.75, 3.05) is 19.6 Å². The molecule has 0 amide bonds. The number of carboxylic acid groups (broad SMARTS) is 1. The number of aliphatic carboxylic acids is 1. The lowest BCUT2D eigenvalue weighted by molar-refractivity contribution is -0.144. The van der Waals surface area contributed by atoms with Crippen LogP contribution in [0, 0.1) is 5.92 Å². The van der Waals surface area contributed by atoms with Gasteiger partial charge in [-0.15, -0.1) is 0 Å². The summed E-state index contributed by atoms with van der Waals surface area (Å²) in [5.41, 5.74) is -0.777. The Morgan fingerprint density at radius 2 is 2.11 bits per heavy atom. The fourth-order valence-corrected chi connectivity index (χ4v) is 3.86. The van der Waals surface area contributed by atoms with Crippen molar-refractivity contribution in [3.8, 4) is 0 Å². The van der Waals surface area contributed by atoms with Gasteiger partial charge < -0.3 is 15.3 Å². The van der Waals surface area contributed by atoms with Crippen molar-refractivity contribution in [1.29, 1.82) is 0 Å². The summed E-state index contributed by atoms with van der Waals surface area (Å²) >= 11 is 0. The summed E-state index contributed by atoms with van der Waals surface area (Å²) in [4.78, 5) is 14.0. The van der Waals surface area contributed by atoms with Gasteiger partial charge in [-0.2, -0.15) is 0 Å². The van der Waals surface area contributed by atoms with E-state index in [4.69, 9.17) is 0 Å². The summed E-state index contributed by atoms with van der Waals surface area (Å²) in [5, 5.41) is 12.5. The maximum Gasteiger partial charge on any atom is 0.323 e. The highest BCUT2D eigenvalue weighted by molar-refractivity contribution is 5.78. The molecule has 0 aromatic rings. The van der Waals surface area contributed by atoms with Gasteiger partial charge in [0, 0.05) is 12.6 Å². The molecule has 2 fully saturated rings. The minimum atomic E-state index is -0.777. The second kappa shape index (κ2) is 6.23. The van der Waals surface area contributed by atoms with Gasteiger partial charge in [0.15, 0.2) is 0 Å². The van der Waals surface area contributed by atoms with Crippen LogP contribution < -0.4 is 5.32 Å². The number of nitrogens with zero attached hydrogens (tertiary/aromatic N) is 1. The third kappa shape index (κ3) is 3.29. The average molecular weight is 268 g/mol. The second-order valence-corrected chi connectivity index (χ2v) is 6.35. The van der Waals surface area contributed by atoms with Gasteiger partial charge >= 0.3 is 5.97 Å². The standard InChI is InChI=1S/C15H28N2O2/c1-3-16-15(2,14(18)19)9-11-17-10-5-7-12-6-4-8-13(12)17/h12-13,16H,3-11H2,1-2H3,(H,18,19). The van der Waals surface area contributed by atoms with Crippen LogP contribution in [0.1, 0.15) is 52.4 Å². The molecule has 19 heavy (non-hydrogen) atoms. The topological polar surface area (TPSA) is 52.6 Å². The van der Waals surface area contributed by atoms with Gasteiger partial charge in [-0.05, 0) is 58.0 Å². The number of carboxylic acids is 1. The van der Waals surface area contributed by atoms with Crippen molar-refractivity contribution in [3.63, 3.8) is 0 Å². The molecule has 3 unspecified atom stereocenters. The van der Waals surface area contributed by atoms with Gasteiger partial charge in [0.25, 0.3) is 0 Å². The van der Waals surface area contributed by atoms with E-state index in [0.717, 1.165) is 25.0 Å². The zero-order valence-electron chi connectivity index (χ0n) is 12.3. The molecule has 0 aromatic carbocycles. The monoisotopic (exact) mass is 268 g/mol. The Balaban J connectivity index is 1.91.